The molecular weight excluding hydrogens is 207 g/mol. The predicted octanol–water partition coefficient (Wildman–Crippen LogP) is 3.19. The zero-order valence-electron chi connectivity index (χ0n) is 9.20. The summed E-state index contributed by atoms with van der Waals surface area (Å²) in [5.41, 5.74) is 7.80. The van der Waals surface area contributed by atoms with Gasteiger partial charge in [-0.25, -0.2) is 4.39 Å². The monoisotopic (exact) mass is 220 g/mol. The molecule has 2 N–H and O–H groups in total. The van der Waals surface area contributed by atoms with Gasteiger partial charge in [0.25, 0.3) is 0 Å². The van der Waals surface area contributed by atoms with E-state index in [-0.39, 0.29) is 17.6 Å². The number of hydrogen-bond donors (Lipinski definition) is 1. The molecule has 84 valence electrons. The summed E-state index contributed by atoms with van der Waals surface area (Å²) < 4.78 is 18.3. The molecule has 0 saturated carbocycles. The molecular formula is C12H13FN2O. The van der Waals surface area contributed by atoms with Crippen LogP contribution in [0.4, 0.5) is 10.3 Å². The highest BCUT2D eigenvalue weighted by atomic mass is 19.1. The van der Waals surface area contributed by atoms with Gasteiger partial charge in [0.15, 0.2) is 0 Å². The van der Waals surface area contributed by atoms with Gasteiger partial charge in [-0.3, -0.25) is 0 Å². The lowest BCUT2D eigenvalue weighted by Crippen LogP contribution is -1.94. The van der Waals surface area contributed by atoms with E-state index in [1.165, 1.54) is 12.3 Å². The first-order chi connectivity index (χ1) is 7.59. The molecule has 1 heterocycles. The molecule has 0 atom stereocenters. The second-order valence-electron chi connectivity index (χ2n) is 3.99. The molecule has 16 heavy (non-hydrogen) atoms. The van der Waals surface area contributed by atoms with Gasteiger partial charge in [-0.15, -0.1) is 0 Å². The average Bonchev–Trinajstić information content (AvgIpc) is 2.65. The SMILES string of the molecule is CC(C)c1cc(-c2cnoc2N)ccc1F. The van der Waals surface area contributed by atoms with E-state index in [0.717, 1.165) is 5.56 Å². The van der Waals surface area contributed by atoms with Crippen LogP contribution in [0.3, 0.4) is 0 Å². The van der Waals surface area contributed by atoms with Crippen molar-refractivity contribution in [2.45, 2.75) is 19.8 Å². The maximum absolute atomic E-state index is 13.5. The first kappa shape index (κ1) is 10.7. The smallest absolute Gasteiger partial charge is 0.229 e. The highest BCUT2D eigenvalue weighted by molar-refractivity contribution is 5.72. The molecule has 2 rings (SSSR count). The Bertz CT molecular complexity index is 505. The van der Waals surface area contributed by atoms with Gasteiger partial charge in [0.1, 0.15) is 5.82 Å². The lowest BCUT2D eigenvalue weighted by atomic mass is 9.98. The highest BCUT2D eigenvalue weighted by Crippen LogP contribution is 2.29. The third kappa shape index (κ3) is 1.78. The molecule has 0 fully saturated rings. The lowest BCUT2D eigenvalue weighted by molar-refractivity contribution is 0.436. The molecule has 3 nitrogen and oxygen atoms in total. The molecule has 0 unspecified atom stereocenters. The second-order valence-corrected chi connectivity index (χ2v) is 3.99. The van der Waals surface area contributed by atoms with E-state index in [4.69, 9.17) is 10.3 Å². The Morgan fingerprint density at radius 2 is 2.12 bits per heavy atom. The second kappa shape index (κ2) is 3.96. The number of aromatic nitrogens is 1. The van der Waals surface area contributed by atoms with Gasteiger partial charge in [0.2, 0.25) is 5.88 Å². The Labute approximate surface area is 93.1 Å². The Morgan fingerprint density at radius 1 is 1.38 bits per heavy atom. The topological polar surface area (TPSA) is 52.0 Å². The average molecular weight is 220 g/mol. The van der Waals surface area contributed by atoms with E-state index in [0.29, 0.717) is 11.1 Å². The summed E-state index contributed by atoms with van der Waals surface area (Å²) in [6.07, 6.45) is 1.53. The van der Waals surface area contributed by atoms with Crippen molar-refractivity contribution >= 4 is 5.88 Å². The van der Waals surface area contributed by atoms with Crippen LogP contribution in [0.25, 0.3) is 11.1 Å². The number of nitrogen functional groups attached to an aromatic ring is 1. The van der Waals surface area contributed by atoms with Crippen LogP contribution in [0.5, 0.6) is 0 Å². The van der Waals surface area contributed by atoms with Gasteiger partial charge in [0, 0.05) is 0 Å². The van der Waals surface area contributed by atoms with E-state index < -0.39 is 0 Å². The minimum absolute atomic E-state index is 0.126. The molecule has 0 spiro atoms. The lowest BCUT2D eigenvalue weighted by Gasteiger charge is -2.08. The molecule has 0 aliphatic carbocycles. The maximum atomic E-state index is 13.5. The van der Waals surface area contributed by atoms with Gasteiger partial charge in [-0.05, 0) is 29.2 Å². The Morgan fingerprint density at radius 3 is 2.69 bits per heavy atom. The standard InChI is InChI=1S/C12H13FN2O/c1-7(2)9-5-8(3-4-11(9)13)10-6-15-16-12(10)14/h3-7H,14H2,1-2H3. The molecule has 1 aromatic heterocycles. The summed E-state index contributed by atoms with van der Waals surface area (Å²) in [5.74, 6) is 0.177. The van der Waals surface area contributed by atoms with Crippen LogP contribution < -0.4 is 5.73 Å². The molecule has 0 aliphatic rings. The normalized spacial score (nSPS) is 11.0. The van der Waals surface area contributed by atoms with Gasteiger partial charge < -0.3 is 10.3 Å². The maximum Gasteiger partial charge on any atom is 0.229 e. The number of halogens is 1. The van der Waals surface area contributed by atoms with Crippen molar-refractivity contribution in [3.8, 4) is 11.1 Å². The summed E-state index contributed by atoms with van der Waals surface area (Å²) in [4.78, 5) is 0. The van der Waals surface area contributed by atoms with Crippen LogP contribution in [0.15, 0.2) is 28.9 Å². The van der Waals surface area contributed by atoms with Crippen molar-refractivity contribution < 1.29 is 8.91 Å². The first-order valence-corrected chi connectivity index (χ1v) is 5.09. The number of anilines is 1. The number of rotatable bonds is 2. The van der Waals surface area contributed by atoms with Gasteiger partial charge in [0.05, 0.1) is 11.8 Å². The highest BCUT2D eigenvalue weighted by Gasteiger charge is 2.12. The summed E-state index contributed by atoms with van der Waals surface area (Å²) >= 11 is 0. The number of benzene rings is 1. The minimum atomic E-state index is -0.200. The quantitative estimate of drug-likeness (QED) is 0.845. The largest absolute Gasteiger partial charge is 0.367 e. The molecule has 0 aliphatic heterocycles. The van der Waals surface area contributed by atoms with Gasteiger partial charge in [-0.1, -0.05) is 25.1 Å². The number of hydrogen-bond acceptors (Lipinski definition) is 3. The zero-order valence-corrected chi connectivity index (χ0v) is 9.20. The molecule has 0 bridgehead atoms. The Balaban J connectivity index is 2.52. The summed E-state index contributed by atoms with van der Waals surface area (Å²) in [6, 6.07) is 4.89. The van der Waals surface area contributed by atoms with E-state index in [9.17, 15) is 4.39 Å². The fourth-order valence-corrected chi connectivity index (χ4v) is 1.62. The Kier molecular flexibility index (Phi) is 2.64. The zero-order chi connectivity index (χ0) is 11.7. The van der Waals surface area contributed by atoms with Crippen LogP contribution in [0, 0.1) is 5.82 Å². The van der Waals surface area contributed by atoms with Crippen LogP contribution in [0.2, 0.25) is 0 Å². The fraction of sp³-hybridized carbons (Fsp3) is 0.250. The van der Waals surface area contributed by atoms with Gasteiger partial charge >= 0.3 is 0 Å². The number of nitrogens with zero attached hydrogens (tertiary/aromatic N) is 1. The van der Waals surface area contributed by atoms with Crippen molar-refractivity contribution in [2.24, 2.45) is 0 Å². The molecule has 0 amide bonds. The van der Waals surface area contributed by atoms with E-state index >= 15 is 0 Å². The first-order valence-electron chi connectivity index (χ1n) is 5.09. The molecule has 0 saturated heterocycles. The van der Waals surface area contributed by atoms with Crippen LogP contribution in [0.1, 0.15) is 25.3 Å². The van der Waals surface area contributed by atoms with Crippen molar-refractivity contribution in [2.75, 3.05) is 5.73 Å². The predicted molar refractivity (Wildman–Crippen MR) is 60.4 cm³/mol. The van der Waals surface area contributed by atoms with Crippen molar-refractivity contribution in [1.82, 2.24) is 5.16 Å². The van der Waals surface area contributed by atoms with E-state index in [2.05, 4.69) is 5.16 Å². The van der Waals surface area contributed by atoms with E-state index in [1.807, 2.05) is 13.8 Å². The molecule has 0 radical (unpaired) electrons. The van der Waals surface area contributed by atoms with Gasteiger partial charge in [-0.2, -0.15) is 0 Å². The third-order valence-corrected chi connectivity index (χ3v) is 2.53. The molecule has 4 heteroatoms. The summed E-state index contributed by atoms with van der Waals surface area (Å²) in [7, 11) is 0. The van der Waals surface area contributed by atoms with Crippen molar-refractivity contribution in [3.63, 3.8) is 0 Å². The van der Waals surface area contributed by atoms with Crippen LogP contribution >= 0.6 is 0 Å². The van der Waals surface area contributed by atoms with Crippen molar-refractivity contribution in [1.29, 1.82) is 0 Å². The van der Waals surface area contributed by atoms with Crippen molar-refractivity contribution in [3.05, 3.63) is 35.8 Å². The van der Waals surface area contributed by atoms with Crippen LogP contribution in [-0.2, 0) is 0 Å². The Hall–Kier alpha value is -1.84. The van der Waals surface area contributed by atoms with Crippen LogP contribution in [-0.4, -0.2) is 5.16 Å². The fourth-order valence-electron chi connectivity index (χ4n) is 1.62. The number of nitrogens with two attached hydrogens (primary N) is 1. The minimum Gasteiger partial charge on any atom is -0.367 e. The summed E-state index contributed by atoms with van der Waals surface area (Å²) in [6.45, 7) is 3.89. The summed E-state index contributed by atoms with van der Waals surface area (Å²) in [5, 5.41) is 3.60. The molecule has 1 aromatic carbocycles. The van der Waals surface area contributed by atoms with E-state index in [1.54, 1.807) is 12.1 Å². The molecule has 2 aromatic rings. The third-order valence-electron chi connectivity index (χ3n) is 2.53.